The van der Waals surface area contributed by atoms with Crippen molar-refractivity contribution in [1.82, 2.24) is 4.31 Å². The summed E-state index contributed by atoms with van der Waals surface area (Å²) in [5.74, 6) is 0.431. The molecule has 1 aliphatic heterocycles. The van der Waals surface area contributed by atoms with Crippen LogP contribution in [0.5, 0.6) is 0 Å². The van der Waals surface area contributed by atoms with E-state index >= 15 is 0 Å². The normalized spacial score (nSPS) is 16.9. The van der Waals surface area contributed by atoms with Gasteiger partial charge in [-0.25, -0.2) is 8.42 Å². The van der Waals surface area contributed by atoms with Crippen molar-refractivity contribution in [3.05, 3.63) is 59.2 Å². The van der Waals surface area contributed by atoms with Crippen LogP contribution in [0.15, 0.2) is 47.4 Å². The predicted octanol–water partition coefficient (Wildman–Crippen LogP) is 4.05. The fourth-order valence-electron chi connectivity index (χ4n) is 3.62. The molecule has 0 saturated heterocycles. The van der Waals surface area contributed by atoms with Crippen LogP contribution >= 0.6 is 0 Å². The molecule has 0 spiro atoms. The SMILES string of the molecule is CC(C)c1ccc(CN(C2CC2)S(=O)(=O)c2ccc3c(c2)CCC(=O)N3)cc1. The third-order valence-electron chi connectivity index (χ3n) is 5.52. The Kier molecular flexibility index (Phi) is 5.02. The van der Waals surface area contributed by atoms with Crippen molar-refractivity contribution in [3.8, 4) is 0 Å². The lowest BCUT2D eigenvalue weighted by Gasteiger charge is -2.24. The van der Waals surface area contributed by atoms with E-state index in [9.17, 15) is 13.2 Å². The van der Waals surface area contributed by atoms with Crippen LogP contribution in [0, 0.1) is 0 Å². The van der Waals surface area contributed by atoms with Crippen LogP contribution in [-0.2, 0) is 27.8 Å². The molecule has 6 heteroatoms. The molecule has 1 fully saturated rings. The van der Waals surface area contributed by atoms with Crippen LogP contribution in [0.3, 0.4) is 0 Å². The van der Waals surface area contributed by atoms with Crippen molar-refractivity contribution in [2.45, 2.75) is 62.9 Å². The molecule has 0 unspecified atom stereocenters. The average Bonchev–Trinajstić information content (AvgIpc) is 3.50. The first kappa shape index (κ1) is 19.2. The number of rotatable bonds is 6. The molecule has 0 atom stereocenters. The van der Waals surface area contributed by atoms with E-state index < -0.39 is 10.0 Å². The van der Waals surface area contributed by atoms with Gasteiger partial charge in [0.2, 0.25) is 15.9 Å². The lowest BCUT2D eigenvalue weighted by Crippen LogP contribution is -2.33. The van der Waals surface area contributed by atoms with Gasteiger partial charge in [0, 0.05) is 24.7 Å². The summed E-state index contributed by atoms with van der Waals surface area (Å²) in [5.41, 5.74) is 3.86. The number of sulfonamides is 1. The van der Waals surface area contributed by atoms with Crippen LogP contribution in [-0.4, -0.2) is 24.7 Å². The Morgan fingerprint density at radius 2 is 1.79 bits per heavy atom. The monoisotopic (exact) mass is 398 g/mol. The third-order valence-corrected chi connectivity index (χ3v) is 7.41. The van der Waals surface area contributed by atoms with E-state index in [0.717, 1.165) is 29.7 Å². The maximum atomic E-state index is 13.4. The molecule has 0 radical (unpaired) electrons. The van der Waals surface area contributed by atoms with Gasteiger partial charge in [-0.1, -0.05) is 38.1 Å². The van der Waals surface area contributed by atoms with Crippen molar-refractivity contribution in [1.29, 1.82) is 0 Å². The van der Waals surface area contributed by atoms with E-state index in [4.69, 9.17) is 0 Å². The largest absolute Gasteiger partial charge is 0.326 e. The van der Waals surface area contributed by atoms with Gasteiger partial charge in [0.25, 0.3) is 0 Å². The minimum atomic E-state index is -3.59. The predicted molar refractivity (Wildman–Crippen MR) is 110 cm³/mol. The summed E-state index contributed by atoms with van der Waals surface area (Å²) in [4.78, 5) is 11.9. The molecule has 1 N–H and O–H groups in total. The first-order valence-electron chi connectivity index (χ1n) is 9.88. The van der Waals surface area contributed by atoms with E-state index in [1.807, 2.05) is 12.1 Å². The highest BCUT2D eigenvalue weighted by Gasteiger charge is 2.38. The van der Waals surface area contributed by atoms with Crippen LogP contribution in [0.1, 0.15) is 55.7 Å². The van der Waals surface area contributed by atoms with Gasteiger partial charge in [-0.3, -0.25) is 4.79 Å². The van der Waals surface area contributed by atoms with E-state index in [0.29, 0.717) is 30.2 Å². The fraction of sp³-hybridized carbons (Fsp3) is 0.409. The first-order chi connectivity index (χ1) is 13.3. The Hall–Kier alpha value is -2.18. The lowest BCUT2D eigenvalue weighted by atomic mass is 10.0. The number of amides is 1. The molecule has 0 aromatic heterocycles. The zero-order valence-electron chi connectivity index (χ0n) is 16.3. The van der Waals surface area contributed by atoms with Crippen LogP contribution in [0.2, 0.25) is 0 Å². The van der Waals surface area contributed by atoms with Crippen LogP contribution in [0.4, 0.5) is 5.69 Å². The summed E-state index contributed by atoms with van der Waals surface area (Å²) < 4.78 is 28.4. The second kappa shape index (κ2) is 7.33. The molecule has 1 heterocycles. The molecular formula is C22H26N2O3S. The van der Waals surface area contributed by atoms with Crippen LogP contribution in [0.25, 0.3) is 0 Å². The second-order valence-corrected chi connectivity index (χ2v) is 9.94. The Morgan fingerprint density at radius 1 is 1.07 bits per heavy atom. The zero-order valence-corrected chi connectivity index (χ0v) is 17.1. The van der Waals surface area contributed by atoms with Gasteiger partial charge in [-0.05, 0) is 60.1 Å². The first-order valence-corrected chi connectivity index (χ1v) is 11.3. The molecule has 28 heavy (non-hydrogen) atoms. The van der Waals surface area contributed by atoms with E-state index in [2.05, 4.69) is 31.3 Å². The molecule has 2 aromatic rings. The topological polar surface area (TPSA) is 66.5 Å². The fourth-order valence-corrected chi connectivity index (χ4v) is 5.34. The maximum Gasteiger partial charge on any atom is 0.243 e. The quantitative estimate of drug-likeness (QED) is 0.798. The number of benzene rings is 2. The Bertz CT molecular complexity index is 993. The molecule has 4 rings (SSSR count). The van der Waals surface area contributed by atoms with E-state index in [1.54, 1.807) is 22.5 Å². The standard InChI is InChI=1S/C22H26N2O3S/c1-15(2)17-5-3-16(4-6-17)14-24(19-8-9-19)28(26,27)20-10-11-21-18(13-20)7-12-22(25)23-21/h3-6,10-11,13,15,19H,7-9,12,14H2,1-2H3,(H,23,25). The number of carbonyl (C=O) groups is 1. The molecular weight excluding hydrogens is 372 g/mol. The summed E-state index contributed by atoms with van der Waals surface area (Å²) in [6.45, 7) is 4.68. The van der Waals surface area contributed by atoms with Gasteiger partial charge in [0.05, 0.1) is 4.90 Å². The van der Waals surface area contributed by atoms with Crippen molar-refractivity contribution in [3.63, 3.8) is 0 Å². The van der Waals surface area contributed by atoms with Gasteiger partial charge >= 0.3 is 0 Å². The number of hydrogen-bond donors (Lipinski definition) is 1. The highest BCUT2D eigenvalue weighted by Crippen LogP contribution is 2.35. The number of hydrogen-bond acceptors (Lipinski definition) is 3. The molecule has 1 saturated carbocycles. The van der Waals surface area contributed by atoms with Gasteiger partial charge in [0.1, 0.15) is 0 Å². The lowest BCUT2D eigenvalue weighted by molar-refractivity contribution is -0.116. The van der Waals surface area contributed by atoms with Crippen LogP contribution < -0.4 is 5.32 Å². The average molecular weight is 399 g/mol. The van der Waals surface area contributed by atoms with Crippen molar-refractivity contribution >= 4 is 21.6 Å². The Balaban J connectivity index is 1.61. The molecule has 5 nitrogen and oxygen atoms in total. The molecule has 1 aliphatic carbocycles. The summed E-state index contributed by atoms with van der Waals surface area (Å²) in [6, 6.07) is 13.3. The summed E-state index contributed by atoms with van der Waals surface area (Å²) in [7, 11) is -3.59. The Morgan fingerprint density at radius 3 is 2.43 bits per heavy atom. The minimum absolute atomic E-state index is 0.0208. The highest BCUT2D eigenvalue weighted by atomic mass is 32.2. The van der Waals surface area contributed by atoms with Crippen molar-refractivity contribution < 1.29 is 13.2 Å². The van der Waals surface area contributed by atoms with Gasteiger partial charge in [-0.2, -0.15) is 4.31 Å². The number of carbonyl (C=O) groups excluding carboxylic acids is 1. The summed E-state index contributed by atoms with van der Waals surface area (Å²) in [6.07, 6.45) is 2.78. The van der Waals surface area contributed by atoms with Crippen molar-refractivity contribution in [2.75, 3.05) is 5.32 Å². The molecule has 1 amide bonds. The minimum Gasteiger partial charge on any atom is -0.326 e. The summed E-state index contributed by atoms with van der Waals surface area (Å²) in [5, 5.41) is 2.81. The van der Waals surface area contributed by atoms with E-state index in [-0.39, 0.29) is 11.9 Å². The maximum absolute atomic E-state index is 13.4. The molecule has 148 valence electrons. The van der Waals surface area contributed by atoms with E-state index in [1.165, 1.54) is 5.56 Å². The Labute approximate surface area is 166 Å². The van der Waals surface area contributed by atoms with Gasteiger partial charge in [0.15, 0.2) is 0 Å². The highest BCUT2D eigenvalue weighted by molar-refractivity contribution is 7.89. The third kappa shape index (κ3) is 3.84. The smallest absolute Gasteiger partial charge is 0.243 e. The number of nitrogens with zero attached hydrogens (tertiary/aromatic N) is 1. The number of anilines is 1. The number of nitrogens with one attached hydrogen (secondary N) is 1. The summed E-state index contributed by atoms with van der Waals surface area (Å²) >= 11 is 0. The van der Waals surface area contributed by atoms with Gasteiger partial charge < -0.3 is 5.32 Å². The van der Waals surface area contributed by atoms with Gasteiger partial charge in [-0.15, -0.1) is 0 Å². The zero-order chi connectivity index (χ0) is 19.9. The second-order valence-electron chi connectivity index (χ2n) is 8.04. The molecule has 2 aliphatic rings. The number of aryl methyl sites for hydroxylation is 1. The molecule has 0 bridgehead atoms. The molecule has 2 aromatic carbocycles. The van der Waals surface area contributed by atoms with Crippen molar-refractivity contribution in [2.24, 2.45) is 0 Å². The number of fused-ring (bicyclic) bond motifs is 1.